The first kappa shape index (κ1) is 15.0. The second kappa shape index (κ2) is 6.86. The zero-order valence-electron chi connectivity index (χ0n) is 12.1. The number of hydrogen-bond acceptors (Lipinski definition) is 3. The first-order valence-electron chi connectivity index (χ1n) is 6.78. The topological polar surface area (TPSA) is 21.3 Å². The van der Waals surface area contributed by atoms with Gasteiger partial charge in [-0.25, -0.2) is 4.39 Å². The fraction of sp³-hybridized carbons (Fsp3) is 0.375. The van der Waals surface area contributed by atoms with Crippen LogP contribution in [0.5, 0.6) is 5.75 Å². The molecular formula is C16H20FNOS. The lowest BCUT2D eigenvalue weighted by atomic mass is 10.0. The van der Waals surface area contributed by atoms with Gasteiger partial charge in [-0.2, -0.15) is 0 Å². The monoisotopic (exact) mass is 293 g/mol. The van der Waals surface area contributed by atoms with Crippen LogP contribution in [0.2, 0.25) is 0 Å². The molecular weight excluding hydrogens is 273 g/mol. The van der Waals surface area contributed by atoms with Crippen molar-refractivity contribution in [3.05, 3.63) is 51.5 Å². The molecule has 1 atom stereocenters. The Morgan fingerprint density at radius 1 is 1.35 bits per heavy atom. The first-order valence-corrected chi connectivity index (χ1v) is 7.66. The second-order valence-electron chi connectivity index (χ2n) is 4.72. The molecule has 0 aliphatic carbocycles. The van der Waals surface area contributed by atoms with Gasteiger partial charge in [0.25, 0.3) is 0 Å². The Kier molecular flexibility index (Phi) is 5.15. The molecule has 1 heterocycles. The predicted molar refractivity (Wildman–Crippen MR) is 82.1 cm³/mol. The Hall–Kier alpha value is -1.39. The van der Waals surface area contributed by atoms with Crippen molar-refractivity contribution >= 4 is 11.3 Å². The van der Waals surface area contributed by atoms with Gasteiger partial charge in [0.05, 0.1) is 13.2 Å². The van der Waals surface area contributed by atoms with Crippen molar-refractivity contribution in [2.45, 2.75) is 26.3 Å². The molecule has 0 amide bonds. The maximum Gasteiger partial charge on any atom is 0.170 e. The van der Waals surface area contributed by atoms with E-state index in [0.29, 0.717) is 11.3 Å². The summed E-state index contributed by atoms with van der Waals surface area (Å²) in [7, 11) is 1.49. The van der Waals surface area contributed by atoms with Crippen LogP contribution < -0.4 is 10.1 Å². The summed E-state index contributed by atoms with van der Waals surface area (Å²) in [5.41, 5.74) is 1.83. The Morgan fingerprint density at radius 2 is 2.15 bits per heavy atom. The maximum absolute atomic E-state index is 14.5. The quantitative estimate of drug-likeness (QED) is 0.857. The van der Waals surface area contributed by atoms with Gasteiger partial charge in [-0.15, -0.1) is 11.3 Å². The highest BCUT2D eigenvalue weighted by atomic mass is 32.1. The summed E-state index contributed by atoms with van der Waals surface area (Å²) in [6.07, 6.45) is 1.01. The normalized spacial score (nSPS) is 12.4. The summed E-state index contributed by atoms with van der Waals surface area (Å²) < 4.78 is 19.6. The van der Waals surface area contributed by atoms with E-state index in [1.54, 1.807) is 17.4 Å². The molecule has 1 unspecified atom stereocenters. The zero-order valence-corrected chi connectivity index (χ0v) is 12.9. The lowest BCUT2D eigenvalue weighted by Crippen LogP contribution is -2.24. The number of benzene rings is 1. The molecule has 0 fully saturated rings. The summed E-state index contributed by atoms with van der Waals surface area (Å²) in [5, 5.41) is 5.48. The van der Waals surface area contributed by atoms with Crippen molar-refractivity contribution in [1.82, 2.24) is 5.32 Å². The van der Waals surface area contributed by atoms with E-state index in [2.05, 4.69) is 25.2 Å². The average molecular weight is 293 g/mol. The number of methoxy groups -OCH3 is 1. The Labute approximate surface area is 123 Å². The number of hydrogen-bond donors (Lipinski definition) is 1. The Balaban J connectivity index is 2.44. The van der Waals surface area contributed by atoms with Gasteiger partial charge in [0, 0.05) is 10.4 Å². The van der Waals surface area contributed by atoms with Gasteiger partial charge < -0.3 is 10.1 Å². The van der Waals surface area contributed by atoms with Crippen molar-refractivity contribution in [2.24, 2.45) is 0 Å². The van der Waals surface area contributed by atoms with Crippen molar-refractivity contribution in [1.29, 1.82) is 0 Å². The van der Waals surface area contributed by atoms with Crippen molar-refractivity contribution in [2.75, 3.05) is 13.7 Å². The van der Waals surface area contributed by atoms with Crippen LogP contribution in [-0.4, -0.2) is 13.7 Å². The summed E-state index contributed by atoms with van der Waals surface area (Å²) in [6.45, 7) is 5.01. The molecule has 1 N–H and O–H groups in total. The van der Waals surface area contributed by atoms with E-state index in [4.69, 9.17) is 4.74 Å². The third kappa shape index (κ3) is 3.02. The molecule has 0 radical (unpaired) electrons. The molecule has 2 nitrogen and oxygen atoms in total. The molecule has 2 rings (SSSR count). The van der Waals surface area contributed by atoms with Gasteiger partial charge in [0.15, 0.2) is 11.6 Å². The number of halogens is 1. The second-order valence-corrected chi connectivity index (χ2v) is 5.67. The summed E-state index contributed by atoms with van der Waals surface area (Å²) in [6, 6.07) is 7.26. The molecule has 108 valence electrons. The van der Waals surface area contributed by atoms with Gasteiger partial charge in [-0.1, -0.05) is 19.1 Å². The van der Waals surface area contributed by atoms with E-state index in [1.807, 2.05) is 17.5 Å². The molecule has 0 aliphatic rings. The van der Waals surface area contributed by atoms with Crippen LogP contribution in [0.1, 0.15) is 35.4 Å². The van der Waals surface area contributed by atoms with Gasteiger partial charge in [-0.05, 0) is 43.0 Å². The van der Waals surface area contributed by atoms with E-state index < -0.39 is 0 Å². The Bertz CT molecular complexity index is 567. The molecule has 0 spiro atoms. The maximum atomic E-state index is 14.5. The van der Waals surface area contributed by atoms with Crippen LogP contribution in [0, 0.1) is 12.7 Å². The summed E-state index contributed by atoms with van der Waals surface area (Å²) in [5.74, 6) is 0.0106. The summed E-state index contributed by atoms with van der Waals surface area (Å²) in [4.78, 5) is 1.16. The van der Waals surface area contributed by atoms with Crippen LogP contribution in [-0.2, 0) is 0 Å². The number of thiophene rings is 1. The molecule has 4 heteroatoms. The van der Waals surface area contributed by atoms with E-state index in [-0.39, 0.29) is 11.9 Å². The minimum atomic E-state index is -0.281. The SMILES string of the molecule is CCCNC(c1cccc(OC)c1F)c1sccc1C. The molecule has 1 aromatic heterocycles. The van der Waals surface area contributed by atoms with E-state index in [0.717, 1.165) is 17.8 Å². The van der Waals surface area contributed by atoms with Gasteiger partial charge in [0.1, 0.15) is 0 Å². The molecule has 2 aromatic rings. The fourth-order valence-electron chi connectivity index (χ4n) is 2.22. The minimum absolute atomic E-state index is 0.120. The number of ether oxygens (including phenoxy) is 1. The molecule has 20 heavy (non-hydrogen) atoms. The highest BCUT2D eigenvalue weighted by Crippen LogP contribution is 2.33. The lowest BCUT2D eigenvalue weighted by molar-refractivity contribution is 0.381. The van der Waals surface area contributed by atoms with Crippen LogP contribution >= 0.6 is 11.3 Å². The largest absolute Gasteiger partial charge is 0.494 e. The van der Waals surface area contributed by atoms with E-state index in [1.165, 1.54) is 12.7 Å². The van der Waals surface area contributed by atoms with Gasteiger partial charge in [0.2, 0.25) is 0 Å². The number of nitrogens with one attached hydrogen (secondary N) is 1. The lowest BCUT2D eigenvalue weighted by Gasteiger charge is -2.20. The molecule has 0 bridgehead atoms. The van der Waals surface area contributed by atoms with Crippen LogP contribution in [0.4, 0.5) is 4.39 Å². The Morgan fingerprint density at radius 3 is 2.75 bits per heavy atom. The molecule has 0 aliphatic heterocycles. The first-order chi connectivity index (χ1) is 9.69. The van der Waals surface area contributed by atoms with Crippen molar-refractivity contribution < 1.29 is 9.13 Å². The highest BCUT2D eigenvalue weighted by molar-refractivity contribution is 7.10. The van der Waals surface area contributed by atoms with Crippen LogP contribution in [0.15, 0.2) is 29.6 Å². The average Bonchev–Trinajstić information content (AvgIpc) is 2.87. The number of rotatable bonds is 6. The van der Waals surface area contributed by atoms with Crippen LogP contribution in [0.25, 0.3) is 0 Å². The van der Waals surface area contributed by atoms with Crippen LogP contribution in [0.3, 0.4) is 0 Å². The van der Waals surface area contributed by atoms with Gasteiger partial charge in [-0.3, -0.25) is 0 Å². The predicted octanol–water partition coefficient (Wildman–Crippen LogP) is 4.29. The van der Waals surface area contributed by atoms with Crippen molar-refractivity contribution in [3.8, 4) is 5.75 Å². The number of aryl methyl sites for hydroxylation is 1. The third-order valence-corrected chi connectivity index (χ3v) is 4.37. The highest BCUT2D eigenvalue weighted by Gasteiger charge is 2.22. The minimum Gasteiger partial charge on any atom is -0.494 e. The zero-order chi connectivity index (χ0) is 14.5. The van der Waals surface area contributed by atoms with E-state index in [9.17, 15) is 4.39 Å². The smallest absolute Gasteiger partial charge is 0.170 e. The fourth-order valence-corrected chi connectivity index (χ4v) is 3.24. The standard InChI is InChI=1S/C16H20FNOS/c1-4-9-18-15(16-11(2)8-10-20-16)12-6-5-7-13(19-3)14(12)17/h5-8,10,15,18H,4,9H2,1-3H3. The molecule has 0 saturated carbocycles. The van der Waals surface area contributed by atoms with Gasteiger partial charge >= 0.3 is 0 Å². The van der Waals surface area contributed by atoms with Crippen molar-refractivity contribution in [3.63, 3.8) is 0 Å². The molecule has 0 saturated heterocycles. The third-order valence-electron chi connectivity index (χ3n) is 3.29. The summed E-state index contributed by atoms with van der Waals surface area (Å²) >= 11 is 1.66. The van der Waals surface area contributed by atoms with E-state index >= 15 is 0 Å². The molecule has 1 aromatic carbocycles.